The number of β-amino-alcohol motifs (C(OH)–C–C–N with tert-alkyl or cyclic N) is 1. The highest BCUT2D eigenvalue weighted by Crippen LogP contribution is 2.39. The summed E-state index contributed by atoms with van der Waals surface area (Å²) in [5, 5.41) is 18.1. The second kappa shape index (κ2) is 5.39. The van der Waals surface area contributed by atoms with Crippen molar-refractivity contribution >= 4 is 33.5 Å². The second-order valence-corrected chi connectivity index (χ2v) is 6.81. The zero-order valence-electron chi connectivity index (χ0n) is 12.3. The van der Waals surface area contributed by atoms with Crippen LogP contribution in [-0.4, -0.2) is 41.7 Å². The lowest BCUT2D eigenvalue weighted by Crippen LogP contribution is -2.53. The number of rotatable bonds is 0. The molecule has 1 fully saturated rings. The van der Waals surface area contributed by atoms with Gasteiger partial charge in [-0.3, -0.25) is 0 Å². The number of aliphatic imine (C=N–C) groups is 1. The molecule has 1 aromatic heterocycles. The second-order valence-electron chi connectivity index (χ2n) is 5.56. The van der Waals surface area contributed by atoms with Crippen molar-refractivity contribution in [1.82, 2.24) is 10.2 Å². The lowest BCUT2D eigenvalue weighted by Gasteiger charge is -2.35. The predicted molar refractivity (Wildman–Crippen MR) is 90.6 cm³/mol. The van der Waals surface area contributed by atoms with Crippen molar-refractivity contribution in [3.8, 4) is 0 Å². The summed E-state index contributed by atoms with van der Waals surface area (Å²) in [5.41, 5.74) is 2.98. The van der Waals surface area contributed by atoms with Crippen molar-refractivity contribution in [1.29, 1.82) is 0 Å². The fraction of sp³-hybridized carbons (Fsp3) is 0.312. The number of hydrogen-bond acceptors (Lipinski definition) is 6. The van der Waals surface area contributed by atoms with Crippen molar-refractivity contribution in [2.75, 3.05) is 25.0 Å². The van der Waals surface area contributed by atoms with E-state index in [1.165, 1.54) is 4.88 Å². The Morgan fingerprint density at radius 3 is 3.09 bits per heavy atom. The Balaban J connectivity index is 1.87. The summed E-state index contributed by atoms with van der Waals surface area (Å²) in [5.74, 6) is 0.853. The van der Waals surface area contributed by atoms with E-state index >= 15 is 0 Å². The minimum atomic E-state index is -0.550. The summed E-state index contributed by atoms with van der Waals surface area (Å²) in [6.07, 6.45) is -0.550. The van der Waals surface area contributed by atoms with Crippen LogP contribution in [0.15, 0.2) is 35.3 Å². The van der Waals surface area contributed by atoms with Crippen LogP contribution in [0, 0.1) is 6.92 Å². The summed E-state index contributed by atoms with van der Waals surface area (Å²) in [6, 6.07) is 10.2. The molecule has 2 aliphatic rings. The number of nitrogens with one attached hydrogen (secondary N) is 2. The van der Waals surface area contributed by atoms with E-state index in [0.29, 0.717) is 6.54 Å². The Morgan fingerprint density at radius 2 is 2.23 bits per heavy atom. The Labute approximate surface area is 133 Å². The van der Waals surface area contributed by atoms with Gasteiger partial charge in [-0.05, 0) is 25.1 Å². The monoisotopic (exact) mass is 314 g/mol. The van der Waals surface area contributed by atoms with Crippen LogP contribution in [-0.2, 0) is 0 Å². The van der Waals surface area contributed by atoms with Gasteiger partial charge < -0.3 is 20.6 Å². The highest BCUT2D eigenvalue weighted by molar-refractivity contribution is 7.16. The third-order valence-corrected chi connectivity index (χ3v) is 4.93. The number of para-hydroxylation sites is 2. The number of anilines is 2. The van der Waals surface area contributed by atoms with Crippen molar-refractivity contribution in [2.24, 2.45) is 4.99 Å². The van der Waals surface area contributed by atoms with Gasteiger partial charge in [-0.25, -0.2) is 4.99 Å². The number of hydrogen-bond donors (Lipinski definition) is 3. The average molecular weight is 314 g/mol. The number of thiophene rings is 1. The SMILES string of the molecule is Cc1cc2c(s1)Nc1ccccc1N=C2N1CCNCC1O. The van der Waals surface area contributed by atoms with E-state index in [1.807, 2.05) is 29.2 Å². The molecule has 0 amide bonds. The fourth-order valence-electron chi connectivity index (χ4n) is 2.90. The number of piperazine rings is 1. The van der Waals surface area contributed by atoms with Crippen molar-refractivity contribution in [3.05, 3.63) is 40.8 Å². The maximum Gasteiger partial charge on any atom is 0.141 e. The van der Waals surface area contributed by atoms with Gasteiger partial charge >= 0.3 is 0 Å². The summed E-state index contributed by atoms with van der Waals surface area (Å²) in [4.78, 5) is 8.09. The van der Waals surface area contributed by atoms with Crippen LogP contribution in [0.2, 0.25) is 0 Å². The highest BCUT2D eigenvalue weighted by Gasteiger charge is 2.28. The fourth-order valence-corrected chi connectivity index (χ4v) is 3.82. The topological polar surface area (TPSA) is 59.9 Å². The zero-order chi connectivity index (χ0) is 15.1. The third-order valence-electron chi connectivity index (χ3n) is 3.96. The van der Waals surface area contributed by atoms with E-state index in [9.17, 15) is 5.11 Å². The molecule has 5 nitrogen and oxygen atoms in total. The molecular formula is C16H18N4OS. The smallest absolute Gasteiger partial charge is 0.141 e. The van der Waals surface area contributed by atoms with Crippen molar-refractivity contribution < 1.29 is 5.11 Å². The standard InChI is InChI=1S/C16H18N4OS/c1-10-8-11-15(20-7-6-17-9-14(20)21)18-12-4-2-3-5-13(12)19-16(11)22-10/h2-5,8,14,17,19,21H,6-7,9H2,1H3. The van der Waals surface area contributed by atoms with Gasteiger partial charge in [-0.1, -0.05) is 12.1 Å². The molecule has 4 rings (SSSR count). The van der Waals surface area contributed by atoms with Crippen LogP contribution in [0.25, 0.3) is 0 Å². The average Bonchev–Trinajstić information content (AvgIpc) is 2.80. The molecule has 0 aliphatic carbocycles. The number of nitrogens with zero attached hydrogens (tertiary/aromatic N) is 2. The Bertz CT molecular complexity index is 739. The van der Waals surface area contributed by atoms with Gasteiger partial charge in [0.2, 0.25) is 0 Å². The molecule has 3 heterocycles. The maximum absolute atomic E-state index is 10.4. The molecule has 1 saturated heterocycles. The van der Waals surface area contributed by atoms with Gasteiger partial charge in [-0.15, -0.1) is 11.3 Å². The van der Waals surface area contributed by atoms with E-state index in [1.54, 1.807) is 11.3 Å². The first-order valence-corrected chi connectivity index (χ1v) is 8.25. The largest absolute Gasteiger partial charge is 0.372 e. The molecule has 1 atom stereocenters. The van der Waals surface area contributed by atoms with E-state index in [0.717, 1.165) is 40.9 Å². The maximum atomic E-state index is 10.4. The van der Waals surface area contributed by atoms with Crippen LogP contribution in [0.3, 0.4) is 0 Å². The van der Waals surface area contributed by atoms with E-state index < -0.39 is 6.23 Å². The van der Waals surface area contributed by atoms with Gasteiger partial charge in [-0.2, -0.15) is 0 Å². The number of aliphatic hydroxyl groups excluding tert-OH is 1. The summed E-state index contributed by atoms with van der Waals surface area (Å²) in [7, 11) is 0. The highest BCUT2D eigenvalue weighted by atomic mass is 32.1. The number of benzene rings is 1. The first-order valence-electron chi connectivity index (χ1n) is 7.43. The Hall–Kier alpha value is -1.89. The molecule has 1 unspecified atom stereocenters. The molecule has 2 aliphatic heterocycles. The van der Waals surface area contributed by atoms with Crippen LogP contribution >= 0.6 is 11.3 Å². The molecule has 3 N–H and O–H groups in total. The molecule has 0 saturated carbocycles. The van der Waals surface area contributed by atoms with Crippen molar-refractivity contribution in [2.45, 2.75) is 13.2 Å². The molecule has 0 spiro atoms. The quantitative estimate of drug-likeness (QED) is 0.699. The lowest BCUT2D eigenvalue weighted by atomic mass is 10.2. The molecule has 114 valence electrons. The molecular weight excluding hydrogens is 296 g/mol. The van der Waals surface area contributed by atoms with Crippen molar-refractivity contribution in [3.63, 3.8) is 0 Å². The predicted octanol–water partition coefficient (Wildman–Crippen LogP) is 2.42. The molecule has 0 bridgehead atoms. The zero-order valence-corrected chi connectivity index (χ0v) is 13.2. The van der Waals surface area contributed by atoms with Gasteiger partial charge in [0, 0.05) is 24.5 Å². The normalized spacial score (nSPS) is 20.5. The minimum absolute atomic E-state index is 0.550. The van der Waals surface area contributed by atoms with Gasteiger partial charge in [0.15, 0.2) is 0 Å². The Morgan fingerprint density at radius 1 is 1.36 bits per heavy atom. The van der Waals surface area contributed by atoms with E-state index in [4.69, 9.17) is 4.99 Å². The van der Waals surface area contributed by atoms with Crippen LogP contribution in [0.1, 0.15) is 10.4 Å². The number of aryl methyl sites for hydroxylation is 1. The third kappa shape index (κ3) is 2.29. The van der Waals surface area contributed by atoms with Gasteiger partial charge in [0.25, 0.3) is 0 Å². The van der Waals surface area contributed by atoms with Crippen LogP contribution in [0.5, 0.6) is 0 Å². The lowest BCUT2D eigenvalue weighted by molar-refractivity contribution is 0.0361. The number of aliphatic hydroxyl groups is 1. The molecule has 0 radical (unpaired) electrons. The summed E-state index contributed by atoms with van der Waals surface area (Å²) >= 11 is 1.72. The molecule has 6 heteroatoms. The number of amidine groups is 1. The van der Waals surface area contributed by atoms with Gasteiger partial charge in [0.1, 0.15) is 17.1 Å². The summed E-state index contributed by atoms with van der Waals surface area (Å²) in [6.45, 7) is 4.26. The first kappa shape index (κ1) is 13.8. The molecule has 2 aromatic rings. The molecule has 1 aromatic carbocycles. The van der Waals surface area contributed by atoms with E-state index in [2.05, 4.69) is 23.6 Å². The summed E-state index contributed by atoms with van der Waals surface area (Å²) < 4.78 is 0. The van der Waals surface area contributed by atoms with Crippen LogP contribution < -0.4 is 10.6 Å². The first-order chi connectivity index (χ1) is 10.7. The van der Waals surface area contributed by atoms with Crippen LogP contribution in [0.4, 0.5) is 16.4 Å². The minimum Gasteiger partial charge on any atom is -0.372 e. The van der Waals surface area contributed by atoms with E-state index in [-0.39, 0.29) is 0 Å². The Kier molecular flexibility index (Phi) is 3.37. The molecule has 22 heavy (non-hydrogen) atoms. The number of fused-ring (bicyclic) bond motifs is 2. The van der Waals surface area contributed by atoms with Gasteiger partial charge in [0.05, 0.1) is 16.9 Å².